The number of benzene rings is 1. The van der Waals surface area contributed by atoms with Crippen molar-refractivity contribution in [3.8, 4) is 23.0 Å². The Balaban J connectivity index is 1.37. The van der Waals surface area contributed by atoms with Crippen LogP contribution in [0.4, 0.5) is 4.39 Å². The van der Waals surface area contributed by atoms with E-state index in [1.807, 2.05) is 31.2 Å². The molecule has 0 saturated heterocycles. The Morgan fingerprint density at radius 3 is 2.82 bits per heavy atom. The molecular weight excluding hydrogens is 535 g/mol. The molecule has 5 rings (SSSR count). The van der Waals surface area contributed by atoms with E-state index < -0.39 is 26.1 Å². The molecular formula is C26H22ClFN4O5S. The number of pyridine rings is 3. The summed E-state index contributed by atoms with van der Waals surface area (Å²) in [6.45, 7) is 2.27. The Morgan fingerprint density at radius 2 is 2.00 bits per heavy atom. The lowest BCUT2D eigenvalue weighted by molar-refractivity contribution is 0.0950. The normalized spacial score (nSPS) is 16.2. The summed E-state index contributed by atoms with van der Waals surface area (Å²) in [6.07, 6.45) is 1.31. The van der Waals surface area contributed by atoms with Crippen LogP contribution in [0.15, 0.2) is 59.6 Å². The lowest BCUT2D eigenvalue weighted by atomic mass is 10.1. The van der Waals surface area contributed by atoms with Crippen LogP contribution < -0.4 is 14.8 Å². The first-order chi connectivity index (χ1) is 18.3. The molecule has 4 heterocycles. The molecule has 0 radical (unpaired) electrons. The minimum Gasteiger partial charge on any atom is -0.490 e. The van der Waals surface area contributed by atoms with Crippen LogP contribution in [0.25, 0.3) is 22.3 Å². The number of carbonyl (C=O) groups excluding carboxylic acids is 1. The minimum atomic E-state index is -4.35. The molecule has 1 aliphatic heterocycles. The first-order valence-electron chi connectivity index (χ1n) is 11.7. The smallest absolute Gasteiger partial charge is 0.251 e. The molecule has 9 nitrogen and oxygen atoms in total. The van der Waals surface area contributed by atoms with Crippen molar-refractivity contribution in [2.24, 2.45) is 0 Å². The summed E-state index contributed by atoms with van der Waals surface area (Å²) in [5, 5.41) is 3.40. The SMILES string of the molecule is CCOc1cccc(-c2ccc3cnc(CNC(=O)c4cc(Cl)c5c(c4)S(=O)(=O)[C@@H](F)CCO5)cc3n2)n1. The zero-order valence-electron chi connectivity index (χ0n) is 20.1. The van der Waals surface area contributed by atoms with Gasteiger partial charge in [-0.3, -0.25) is 9.78 Å². The van der Waals surface area contributed by atoms with Crippen molar-refractivity contribution in [2.45, 2.75) is 30.3 Å². The Kier molecular flexibility index (Phi) is 7.13. The average Bonchev–Trinajstić information content (AvgIpc) is 3.02. The van der Waals surface area contributed by atoms with E-state index in [-0.39, 0.29) is 35.9 Å². The van der Waals surface area contributed by atoms with Crippen molar-refractivity contribution in [3.63, 3.8) is 0 Å². The van der Waals surface area contributed by atoms with Gasteiger partial charge in [-0.1, -0.05) is 17.7 Å². The lowest BCUT2D eigenvalue weighted by Crippen LogP contribution is -2.24. The summed E-state index contributed by atoms with van der Waals surface area (Å²) < 4.78 is 50.2. The van der Waals surface area contributed by atoms with Crippen LogP contribution in [0.5, 0.6) is 11.6 Å². The first kappa shape index (κ1) is 25.8. The number of rotatable bonds is 6. The van der Waals surface area contributed by atoms with E-state index >= 15 is 0 Å². The van der Waals surface area contributed by atoms with Crippen LogP contribution in [-0.2, 0) is 16.4 Å². The van der Waals surface area contributed by atoms with E-state index in [1.165, 1.54) is 6.07 Å². The number of carbonyl (C=O) groups is 1. The number of halogens is 2. The maximum Gasteiger partial charge on any atom is 0.251 e. The standard InChI is InChI=1S/C26H22ClFN4O5S/c1-2-36-24-5-3-4-19(32-24)20-7-6-15-13-29-17(12-21(15)31-20)14-30-26(33)16-10-18(27)25-22(11-16)38(34,35)23(28)8-9-37-25/h3-7,10-13,23H,2,8-9,14H2,1H3,(H,30,33)/t23-/m1/s1. The van der Waals surface area contributed by atoms with E-state index in [0.717, 1.165) is 11.5 Å². The van der Waals surface area contributed by atoms with Crippen LogP contribution >= 0.6 is 11.6 Å². The van der Waals surface area contributed by atoms with Gasteiger partial charge in [-0.25, -0.2) is 22.8 Å². The van der Waals surface area contributed by atoms with Gasteiger partial charge in [-0.15, -0.1) is 0 Å². The number of hydrogen-bond donors (Lipinski definition) is 1. The van der Waals surface area contributed by atoms with Crippen molar-refractivity contribution in [3.05, 3.63) is 71.0 Å². The quantitative estimate of drug-likeness (QED) is 0.368. The maximum atomic E-state index is 14.2. The molecule has 196 valence electrons. The number of hydrogen-bond acceptors (Lipinski definition) is 8. The first-order valence-corrected chi connectivity index (χ1v) is 13.7. The molecule has 1 aliphatic rings. The number of nitrogens with one attached hydrogen (secondary N) is 1. The van der Waals surface area contributed by atoms with Crippen molar-refractivity contribution in [1.82, 2.24) is 20.3 Å². The van der Waals surface area contributed by atoms with E-state index in [4.69, 9.17) is 21.1 Å². The summed E-state index contributed by atoms with van der Waals surface area (Å²) >= 11 is 6.19. The van der Waals surface area contributed by atoms with Gasteiger partial charge in [-0.05, 0) is 43.3 Å². The Morgan fingerprint density at radius 1 is 1.18 bits per heavy atom. The third-order valence-electron chi connectivity index (χ3n) is 5.84. The topological polar surface area (TPSA) is 120 Å². The fourth-order valence-electron chi connectivity index (χ4n) is 3.95. The molecule has 12 heteroatoms. The van der Waals surface area contributed by atoms with E-state index in [9.17, 15) is 17.6 Å². The van der Waals surface area contributed by atoms with Crippen molar-refractivity contribution in [1.29, 1.82) is 0 Å². The summed E-state index contributed by atoms with van der Waals surface area (Å²) in [5.74, 6) is -0.253. The number of nitrogens with zero attached hydrogens (tertiary/aromatic N) is 3. The molecule has 1 aromatic carbocycles. The average molecular weight is 557 g/mol. The summed E-state index contributed by atoms with van der Waals surface area (Å²) in [4.78, 5) is 25.9. The molecule has 0 aliphatic carbocycles. The second-order valence-corrected chi connectivity index (χ2v) is 10.9. The molecule has 1 amide bonds. The van der Waals surface area contributed by atoms with Crippen molar-refractivity contribution in [2.75, 3.05) is 13.2 Å². The highest BCUT2D eigenvalue weighted by molar-refractivity contribution is 7.92. The summed E-state index contributed by atoms with van der Waals surface area (Å²) in [7, 11) is -4.35. The number of aromatic nitrogens is 3. The zero-order chi connectivity index (χ0) is 26.9. The Hall–Kier alpha value is -3.83. The second-order valence-electron chi connectivity index (χ2n) is 8.42. The van der Waals surface area contributed by atoms with E-state index in [2.05, 4.69) is 20.3 Å². The predicted octanol–water partition coefficient (Wildman–Crippen LogP) is 4.53. The van der Waals surface area contributed by atoms with Crippen LogP contribution in [0.3, 0.4) is 0 Å². The lowest BCUT2D eigenvalue weighted by Gasteiger charge is -2.12. The number of fused-ring (bicyclic) bond motifs is 2. The number of ether oxygens (including phenoxy) is 2. The van der Waals surface area contributed by atoms with Gasteiger partial charge < -0.3 is 14.8 Å². The second kappa shape index (κ2) is 10.5. The van der Waals surface area contributed by atoms with Gasteiger partial charge in [-0.2, -0.15) is 0 Å². The monoisotopic (exact) mass is 556 g/mol. The maximum absolute atomic E-state index is 14.2. The molecule has 1 atom stereocenters. The summed E-state index contributed by atoms with van der Waals surface area (Å²) in [5.41, 5.74) is 0.280. The molecule has 0 saturated carbocycles. The third-order valence-corrected chi connectivity index (χ3v) is 7.95. The Bertz CT molecular complexity index is 1650. The molecule has 0 fully saturated rings. The van der Waals surface area contributed by atoms with Gasteiger partial charge in [0.15, 0.2) is 5.75 Å². The molecule has 1 N–H and O–H groups in total. The van der Waals surface area contributed by atoms with E-state index in [1.54, 1.807) is 18.3 Å². The van der Waals surface area contributed by atoms with Crippen molar-refractivity contribution < 1.29 is 27.1 Å². The van der Waals surface area contributed by atoms with Crippen molar-refractivity contribution >= 4 is 38.2 Å². The number of sulfone groups is 1. The zero-order valence-corrected chi connectivity index (χ0v) is 21.7. The summed E-state index contributed by atoms with van der Waals surface area (Å²) in [6, 6.07) is 13.3. The van der Waals surface area contributed by atoms with Crippen LogP contribution in [-0.4, -0.2) is 48.0 Å². The number of alkyl halides is 1. The largest absolute Gasteiger partial charge is 0.490 e. The third kappa shape index (κ3) is 5.11. The Labute approximate surface area is 222 Å². The fourth-order valence-corrected chi connectivity index (χ4v) is 5.68. The highest BCUT2D eigenvalue weighted by Crippen LogP contribution is 2.38. The molecule has 0 bridgehead atoms. The molecule has 0 unspecified atom stereocenters. The molecule has 0 spiro atoms. The van der Waals surface area contributed by atoms with Crippen LogP contribution in [0.1, 0.15) is 29.4 Å². The predicted molar refractivity (Wildman–Crippen MR) is 139 cm³/mol. The van der Waals surface area contributed by atoms with Gasteiger partial charge in [0.05, 0.1) is 47.4 Å². The van der Waals surface area contributed by atoms with Gasteiger partial charge in [0.1, 0.15) is 4.90 Å². The minimum absolute atomic E-state index is 0.0302. The van der Waals surface area contributed by atoms with Crippen LogP contribution in [0, 0.1) is 0 Å². The van der Waals surface area contributed by atoms with Crippen LogP contribution in [0.2, 0.25) is 5.02 Å². The van der Waals surface area contributed by atoms with Gasteiger partial charge >= 0.3 is 0 Å². The molecule has 38 heavy (non-hydrogen) atoms. The van der Waals surface area contributed by atoms with E-state index in [0.29, 0.717) is 35.1 Å². The van der Waals surface area contributed by atoms with Gasteiger partial charge in [0.25, 0.3) is 5.91 Å². The van der Waals surface area contributed by atoms with Gasteiger partial charge in [0, 0.05) is 29.6 Å². The highest BCUT2D eigenvalue weighted by Gasteiger charge is 2.35. The fraction of sp³-hybridized carbons (Fsp3) is 0.231. The number of amides is 1. The van der Waals surface area contributed by atoms with Gasteiger partial charge in [0.2, 0.25) is 21.2 Å². The molecule has 4 aromatic rings. The highest BCUT2D eigenvalue weighted by atomic mass is 35.5. The molecule has 3 aromatic heterocycles.